The first-order valence-electron chi connectivity index (χ1n) is 12.6. The summed E-state index contributed by atoms with van der Waals surface area (Å²) in [6.07, 6.45) is 5.13. The number of methoxy groups -OCH3 is 1. The predicted molar refractivity (Wildman–Crippen MR) is 143 cm³/mol. The van der Waals surface area contributed by atoms with Gasteiger partial charge in [-0.3, -0.25) is 4.79 Å². The number of ether oxygens (including phenoxy) is 1. The number of benzene rings is 1. The second-order valence-corrected chi connectivity index (χ2v) is 11.0. The Bertz CT molecular complexity index is 1190. The van der Waals surface area contributed by atoms with E-state index in [-0.39, 0.29) is 11.9 Å². The molecule has 1 amide bonds. The lowest BCUT2D eigenvalue weighted by Crippen LogP contribution is -2.47. The number of hydrogen-bond acceptors (Lipinski definition) is 7. The lowest BCUT2D eigenvalue weighted by molar-refractivity contribution is 0.0894. The number of nitrogens with one attached hydrogen (secondary N) is 1. The number of anilines is 2. The molecule has 1 aromatic carbocycles. The van der Waals surface area contributed by atoms with Gasteiger partial charge in [0.25, 0.3) is 5.91 Å². The van der Waals surface area contributed by atoms with Crippen LogP contribution in [0.4, 0.5) is 11.5 Å². The van der Waals surface area contributed by atoms with Crippen LogP contribution in [0.25, 0.3) is 10.2 Å². The lowest BCUT2D eigenvalue weighted by Gasteiger charge is -2.37. The molecule has 0 radical (unpaired) electrons. The van der Waals surface area contributed by atoms with E-state index in [2.05, 4.69) is 51.1 Å². The van der Waals surface area contributed by atoms with Crippen LogP contribution in [-0.4, -0.2) is 55.2 Å². The highest BCUT2D eigenvalue weighted by Gasteiger charge is 2.30. The Balaban J connectivity index is 1.33. The first-order chi connectivity index (χ1) is 17.0. The Morgan fingerprint density at radius 2 is 1.77 bits per heavy atom. The van der Waals surface area contributed by atoms with E-state index in [1.807, 2.05) is 19.1 Å². The average molecular weight is 494 g/mol. The van der Waals surface area contributed by atoms with Gasteiger partial charge in [-0.05, 0) is 55.0 Å². The van der Waals surface area contributed by atoms with Crippen molar-refractivity contribution in [1.82, 2.24) is 15.3 Å². The summed E-state index contributed by atoms with van der Waals surface area (Å²) in [4.78, 5) is 28.9. The van der Waals surface area contributed by atoms with E-state index in [0.717, 1.165) is 64.8 Å². The summed E-state index contributed by atoms with van der Waals surface area (Å²) < 4.78 is 5.29. The van der Waals surface area contributed by atoms with Crippen molar-refractivity contribution < 1.29 is 9.53 Å². The maximum atomic E-state index is 13.3. The van der Waals surface area contributed by atoms with Gasteiger partial charge in [-0.15, -0.1) is 11.3 Å². The number of nitrogens with zero attached hydrogens (tertiary/aromatic N) is 4. The summed E-state index contributed by atoms with van der Waals surface area (Å²) in [5, 5.41) is 4.36. The highest BCUT2D eigenvalue weighted by molar-refractivity contribution is 7.20. The zero-order valence-corrected chi connectivity index (χ0v) is 21.9. The number of piperazine rings is 1. The van der Waals surface area contributed by atoms with Crippen LogP contribution < -0.4 is 19.9 Å². The van der Waals surface area contributed by atoms with Gasteiger partial charge in [-0.2, -0.15) is 0 Å². The number of carbonyl (C=O) groups is 1. The topological polar surface area (TPSA) is 70.6 Å². The predicted octanol–water partition coefficient (Wildman–Crippen LogP) is 4.89. The maximum absolute atomic E-state index is 13.3. The van der Waals surface area contributed by atoms with E-state index in [1.165, 1.54) is 29.9 Å². The Labute approximate surface area is 211 Å². The third-order valence-electron chi connectivity index (χ3n) is 7.95. The van der Waals surface area contributed by atoms with Crippen molar-refractivity contribution in [2.75, 3.05) is 43.1 Å². The third-order valence-corrected chi connectivity index (χ3v) is 9.15. The third kappa shape index (κ3) is 4.68. The van der Waals surface area contributed by atoms with E-state index in [1.54, 1.807) is 13.4 Å². The maximum Gasteiger partial charge on any atom is 0.261 e. The second-order valence-electron chi connectivity index (χ2n) is 9.95. The second kappa shape index (κ2) is 10.0. The fourth-order valence-corrected chi connectivity index (χ4v) is 6.54. The van der Waals surface area contributed by atoms with Gasteiger partial charge in [-0.1, -0.05) is 26.7 Å². The number of aryl methyl sites for hydroxylation is 1. The normalized spacial score (nSPS) is 22.9. The van der Waals surface area contributed by atoms with Crippen LogP contribution in [0.3, 0.4) is 0 Å². The molecule has 8 heteroatoms. The minimum absolute atomic E-state index is 0.0340. The molecule has 0 spiro atoms. The fraction of sp³-hybridized carbons (Fsp3) is 0.519. The summed E-state index contributed by atoms with van der Waals surface area (Å²) >= 11 is 1.49. The number of thiophene rings is 1. The van der Waals surface area contributed by atoms with Gasteiger partial charge in [0.2, 0.25) is 0 Å². The molecule has 2 aliphatic rings. The van der Waals surface area contributed by atoms with Crippen molar-refractivity contribution in [3.63, 3.8) is 0 Å². The van der Waals surface area contributed by atoms with Crippen LogP contribution in [0.1, 0.15) is 48.3 Å². The first-order valence-corrected chi connectivity index (χ1v) is 13.5. The molecule has 1 N–H and O–H groups in total. The van der Waals surface area contributed by atoms with Crippen LogP contribution >= 0.6 is 11.3 Å². The molecule has 1 aliphatic heterocycles. The molecule has 3 atom stereocenters. The summed E-state index contributed by atoms with van der Waals surface area (Å²) in [6.45, 7) is 10.2. The molecule has 7 nitrogen and oxygen atoms in total. The molecule has 1 saturated carbocycles. The molecule has 0 unspecified atom stereocenters. The van der Waals surface area contributed by atoms with Crippen LogP contribution in [0.2, 0.25) is 0 Å². The molecule has 1 aliphatic carbocycles. The van der Waals surface area contributed by atoms with E-state index >= 15 is 0 Å². The standard InChI is InChI=1S/C27H35N5O2S/c1-17-6-5-7-22(18(17)2)30-26(33)24-19(3)23-25(28-16-29-27(23)35-24)32-14-12-31(13-15-32)20-8-10-21(34-4)11-9-20/h8-11,16-18,22H,5-7,12-15H2,1-4H3,(H,30,33)/t17-,18+,22+/m0/s1. The van der Waals surface area contributed by atoms with Crippen molar-refractivity contribution in [2.45, 2.75) is 46.1 Å². The molecule has 2 fully saturated rings. The Kier molecular flexibility index (Phi) is 6.82. The largest absolute Gasteiger partial charge is 0.497 e. The molecule has 2 aromatic heterocycles. The van der Waals surface area contributed by atoms with Gasteiger partial charge in [0.05, 0.1) is 17.4 Å². The SMILES string of the molecule is COc1ccc(N2CCN(c3ncnc4sc(C(=O)N[C@@H]5CCC[C@H](C)[C@H]5C)c(C)c34)CC2)cc1. The molecular weight excluding hydrogens is 458 g/mol. The highest BCUT2D eigenvalue weighted by Crippen LogP contribution is 2.36. The zero-order chi connectivity index (χ0) is 24.5. The lowest BCUT2D eigenvalue weighted by atomic mass is 9.78. The number of aromatic nitrogens is 2. The Morgan fingerprint density at radius 1 is 1.06 bits per heavy atom. The minimum atomic E-state index is 0.0340. The van der Waals surface area contributed by atoms with E-state index in [0.29, 0.717) is 11.8 Å². The van der Waals surface area contributed by atoms with Crippen LogP contribution in [0, 0.1) is 18.8 Å². The van der Waals surface area contributed by atoms with Gasteiger partial charge in [0.1, 0.15) is 22.7 Å². The molecule has 5 rings (SSSR count). The quantitative estimate of drug-likeness (QED) is 0.546. The molecular formula is C27H35N5O2S. The van der Waals surface area contributed by atoms with Crippen molar-refractivity contribution in [3.05, 3.63) is 41.0 Å². The molecule has 35 heavy (non-hydrogen) atoms. The molecule has 0 bridgehead atoms. The monoisotopic (exact) mass is 493 g/mol. The van der Waals surface area contributed by atoms with Gasteiger partial charge in [-0.25, -0.2) is 9.97 Å². The minimum Gasteiger partial charge on any atom is -0.497 e. The van der Waals surface area contributed by atoms with Crippen molar-refractivity contribution in [3.8, 4) is 5.75 Å². The van der Waals surface area contributed by atoms with E-state index in [9.17, 15) is 4.79 Å². The number of amides is 1. The molecule has 186 valence electrons. The van der Waals surface area contributed by atoms with Crippen LogP contribution in [0.5, 0.6) is 5.75 Å². The number of carbonyl (C=O) groups excluding carboxylic acids is 1. The summed E-state index contributed by atoms with van der Waals surface area (Å²) in [7, 11) is 1.69. The highest BCUT2D eigenvalue weighted by atomic mass is 32.1. The summed E-state index contributed by atoms with van der Waals surface area (Å²) in [6, 6.07) is 8.47. The van der Waals surface area contributed by atoms with Gasteiger partial charge in [0, 0.05) is 37.9 Å². The van der Waals surface area contributed by atoms with Crippen molar-refractivity contribution >= 4 is 39.0 Å². The van der Waals surface area contributed by atoms with Gasteiger partial charge < -0.3 is 19.9 Å². The summed E-state index contributed by atoms with van der Waals surface area (Å²) in [5.41, 5.74) is 2.20. The Morgan fingerprint density at radius 3 is 2.49 bits per heavy atom. The van der Waals surface area contributed by atoms with E-state index < -0.39 is 0 Å². The number of rotatable bonds is 5. The average Bonchev–Trinajstić information content (AvgIpc) is 3.24. The van der Waals surface area contributed by atoms with Crippen LogP contribution in [0.15, 0.2) is 30.6 Å². The van der Waals surface area contributed by atoms with Gasteiger partial charge >= 0.3 is 0 Å². The number of hydrogen-bond donors (Lipinski definition) is 1. The zero-order valence-electron chi connectivity index (χ0n) is 21.1. The number of fused-ring (bicyclic) bond motifs is 1. The van der Waals surface area contributed by atoms with Crippen molar-refractivity contribution in [2.24, 2.45) is 11.8 Å². The first kappa shape index (κ1) is 23.9. The summed E-state index contributed by atoms with van der Waals surface area (Å²) in [5.74, 6) is 2.99. The molecule has 1 saturated heterocycles. The molecule has 3 heterocycles. The molecule has 3 aromatic rings. The Hall–Kier alpha value is -2.87. The van der Waals surface area contributed by atoms with Crippen molar-refractivity contribution in [1.29, 1.82) is 0 Å². The smallest absolute Gasteiger partial charge is 0.261 e. The van der Waals surface area contributed by atoms with Gasteiger partial charge in [0.15, 0.2) is 0 Å². The van der Waals surface area contributed by atoms with Crippen LogP contribution in [-0.2, 0) is 0 Å². The fourth-order valence-electron chi connectivity index (χ4n) is 5.50. The van der Waals surface area contributed by atoms with E-state index in [4.69, 9.17) is 4.74 Å².